The fourth-order valence-corrected chi connectivity index (χ4v) is 0.241. The molecule has 0 aromatic heterocycles. The third-order valence-electron chi connectivity index (χ3n) is 0.449. The average molecular weight is 71.1 g/mol. The Kier molecular flexibility index (Phi) is 0.862. The average Bonchev–Trinajstić information content (AvgIpc) is 1.76. The van der Waals surface area contributed by atoms with Gasteiger partial charge in [0.25, 0.3) is 0 Å². The van der Waals surface area contributed by atoms with E-state index in [0.717, 1.165) is 6.54 Å². The van der Waals surface area contributed by atoms with Gasteiger partial charge in [-0.25, -0.2) is 0 Å². The normalized spacial score (nSPS) is 24.0. The van der Waals surface area contributed by atoms with E-state index in [-0.39, 0.29) is 0 Å². The molecule has 0 amide bonds. The van der Waals surface area contributed by atoms with Crippen molar-refractivity contribution in [2.75, 3.05) is 6.54 Å². The number of hydrogen-bond acceptors (Lipinski definition) is 2. The zero-order valence-corrected chi connectivity index (χ0v) is 2.77. The highest BCUT2D eigenvalue weighted by Gasteiger charge is 1.94. The van der Waals surface area contributed by atoms with Crippen LogP contribution in [0.1, 0.15) is 0 Å². The largest absolute Gasteiger partial charge is 0.352 e. The maximum absolute atomic E-state index is 4.58. The Morgan fingerprint density at radius 1 is 1.80 bits per heavy atom. The van der Waals surface area contributed by atoms with E-state index >= 15 is 0 Å². The first kappa shape index (κ1) is 3.12. The molecular weight excluding hydrogens is 66.0 g/mol. The lowest BCUT2D eigenvalue weighted by Crippen LogP contribution is -1.98. The molecule has 5 heavy (non-hydrogen) atoms. The lowest BCUT2D eigenvalue weighted by atomic mass is 10.7. The predicted molar refractivity (Wildman–Crippen MR) is 17.7 cm³/mol. The highest BCUT2D eigenvalue weighted by Crippen LogP contribution is 1.88. The molecule has 1 rings (SSSR count). The van der Waals surface area contributed by atoms with Crippen molar-refractivity contribution in [2.24, 2.45) is 0 Å². The summed E-state index contributed by atoms with van der Waals surface area (Å²) in [5.41, 5.74) is 0. The summed E-state index contributed by atoms with van der Waals surface area (Å²) in [6.45, 7) is 4.10. The molecule has 1 heterocycles. The van der Waals surface area contributed by atoms with Crippen molar-refractivity contribution in [1.82, 2.24) is 5.32 Å². The summed E-state index contributed by atoms with van der Waals surface area (Å²) in [4.78, 5) is 0. The molecule has 0 aromatic rings. The van der Waals surface area contributed by atoms with Crippen LogP contribution >= 0.6 is 0 Å². The number of rotatable bonds is 0. The molecule has 0 atom stereocenters. The van der Waals surface area contributed by atoms with Gasteiger partial charge in [0.15, 0.2) is 0 Å². The van der Waals surface area contributed by atoms with Gasteiger partial charge in [0.2, 0.25) is 0 Å². The van der Waals surface area contributed by atoms with Crippen LogP contribution in [0.4, 0.5) is 0 Å². The zero-order chi connectivity index (χ0) is 3.54. The molecule has 0 spiro atoms. The molecule has 2 nitrogen and oxygen atoms in total. The van der Waals surface area contributed by atoms with Crippen molar-refractivity contribution >= 4 is 0 Å². The van der Waals surface area contributed by atoms with Gasteiger partial charge in [0.05, 0.1) is 6.61 Å². The molecule has 0 aromatic carbocycles. The first-order valence-electron chi connectivity index (χ1n) is 1.52. The van der Waals surface area contributed by atoms with Crippen molar-refractivity contribution < 1.29 is 4.74 Å². The third-order valence-corrected chi connectivity index (χ3v) is 0.449. The van der Waals surface area contributed by atoms with Crippen LogP contribution in [0.15, 0.2) is 0 Å². The van der Waals surface area contributed by atoms with Crippen LogP contribution in [0.3, 0.4) is 0 Å². The molecule has 2 heteroatoms. The minimum absolute atomic E-state index is 0.847. The summed E-state index contributed by atoms with van der Waals surface area (Å²) < 4.78 is 4.58. The van der Waals surface area contributed by atoms with Gasteiger partial charge in [-0.15, -0.1) is 0 Å². The van der Waals surface area contributed by atoms with E-state index in [1.165, 1.54) is 0 Å². The van der Waals surface area contributed by atoms with Crippen molar-refractivity contribution in [3.63, 3.8) is 0 Å². The van der Waals surface area contributed by atoms with Gasteiger partial charge in [-0.05, 0) is 0 Å². The SMILES string of the molecule is [CH]1CN[CH]O1. The van der Waals surface area contributed by atoms with Gasteiger partial charge in [-0.3, -0.25) is 5.32 Å². The summed E-state index contributed by atoms with van der Waals surface area (Å²) in [6, 6.07) is 0. The highest BCUT2D eigenvalue weighted by molar-refractivity contribution is 4.66. The van der Waals surface area contributed by atoms with Crippen LogP contribution in [0.25, 0.3) is 0 Å². The third kappa shape index (κ3) is 0.597. The van der Waals surface area contributed by atoms with E-state index in [1.54, 1.807) is 13.3 Å². The summed E-state index contributed by atoms with van der Waals surface area (Å²) in [7, 11) is 0. The lowest BCUT2D eigenvalue weighted by Gasteiger charge is -1.74. The monoisotopic (exact) mass is 71.0 g/mol. The highest BCUT2D eigenvalue weighted by atomic mass is 16.5. The molecule has 28 valence electrons. The van der Waals surface area contributed by atoms with Crippen LogP contribution in [0, 0.1) is 13.3 Å². The topological polar surface area (TPSA) is 21.3 Å². The molecule has 1 N–H and O–H groups in total. The van der Waals surface area contributed by atoms with Gasteiger partial charge < -0.3 is 4.74 Å². The fraction of sp³-hybridized carbons (Fsp3) is 0.333. The van der Waals surface area contributed by atoms with Crippen LogP contribution in [-0.4, -0.2) is 6.54 Å². The van der Waals surface area contributed by atoms with Crippen molar-refractivity contribution in [3.8, 4) is 0 Å². The van der Waals surface area contributed by atoms with Gasteiger partial charge in [-0.2, -0.15) is 0 Å². The molecule has 0 aliphatic carbocycles. The molecule has 0 saturated carbocycles. The predicted octanol–water partition coefficient (Wildman–Crippen LogP) is -0.113. The van der Waals surface area contributed by atoms with E-state index in [1.807, 2.05) is 0 Å². The van der Waals surface area contributed by atoms with Crippen LogP contribution in [0.5, 0.6) is 0 Å². The Morgan fingerprint density at radius 3 is 3.00 bits per heavy atom. The molecule has 0 unspecified atom stereocenters. The second-order valence-electron chi connectivity index (χ2n) is 0.829. The first-order valence-corrected chi connectivity index (χ1v) is 1.52. The Hall–Kier alpha value is -0.0800. The Morgan fingerprint density at radius 2 is 2.80 bits per heavy atom. The van der Waals surface area contributed by atoms with Crippen LogP contribution in [0.2, 0.25) is 0 Å². The summed E-state index contributed by atoms with van der Waals surface area (Å²) >= 11 is 0. The Labute approximate surface area is 31.1 Å². The van der Waals surface area contributed by atoms with Crippen molar-refractivity contribution in [1.29, 1.82) is 0 Å². The van der Waals surface area contributed by atoms with E-state index in [0.29, 0.717) is 0 Å². The Balaban J connectivity index is 2.08. The molecule has 1 aliphatic heterocycles. The second kappa shape index (κ2) is 1.38. The van der Waals surface area contributed by atoms with Crippen molar-refractivity contribution in [3.05, 3.63) is 13.3 Å². The first-order chi connectivity index (χ1) is 2.50. The van der Waals surface area contributed by atoms with Crippen LogP contribution < -0.4 is 5.32 Å². The number of hydrogen-bond donors (Lipinski definition) is 1. The summed E-state index contributed by atoms with van der Waals surface area (Å²) in [5, 5.41) is 2.82. The Bertz CT molecular complexity index is 18.5. The molecular formula is C3H5NO. The molecule has 2 radical (unpaired) electrons. The van der Waals surface area contributed by atoms with Gasteiger partial charge >= 0.3 is 0 Å². The lowest BCUT2D eigenvalue weighted by molar-refractivity contribution is 0.316. The summed E-state index contributed by atoms with van der Waals surface area (Å²) in [5.74, 6) is 0. The van der Waals surface area contributed by atoms with Crippen molar-refractivity contribution in [2.45, 2.75) is 0 Å². The van der Waals surface area contributed by atoms with E-state index in [2.05, 4.69) is 10.1 Å². The smallest absolute Gasteiger partial charge is 0.148 e. The molecule has 1 aliphatic rings. The minimum Gasteiger partial charge on any atom is -0.352 e. The molecule has 1 saturated heterocycles. The van der Waals surface area contributed by atoms with Gasteiger partial charge in [0.1, 0.15) is 6.73 Å². The number of ether oxygens (including phenoxy) is 1. The number of nitrogens with one attached hydrogen (secondary N) is 1. The van der Waals surface area contributed by atoms with Gasteiger partial charge in [0, 0.05) is 6.54 Å². The fourth-order valence-electron chi connectivity index (χ4n) is 0.241. The maximum atomic E-state index is 4.58. The van der Waals surface area contributed by atoms with Gasteiger partial charge in [-0.1, -0.05) is 0 Å². The zero-order valence-electron chi connectivity index (χ0n) is 2.77. The minimum atomic E-state index is 0.847. The van der Waals surface area contributed by atoms with E-state index < -0.39 is 0 Å². The second-order valence-corrected chi connectivity index (χ2v) is 0.829. The molecule has 1 fully saturated rings. The van der Waals surface area contributed by atoms with Crippen LogP contribution in [-0.2, 0) is 4.74 Å². The quantitative estimate of drug-likeness (QED) is 0.430. The maximum Gasteiger partial charge on any atom is 0.148 e. The van der Waals surface area contributed by atoms with E-state index in [9.17, 15) is 0 Å². The molecule has 0 bridgehead atoms. The standard InChI is InChI=1S/C3H5NO/c1-2-5-3-4-1/h2-4H,1H2. The van der Waals surface area contributed by atoms with E-state index in [4.69, 9.17) is 0 Å². The summed E-state index contributed by atoms with van der Waals surface area (Å²) in [6.07, 6.45) is 0.